The predicted molar refractivity (Wildman–Crippen MR) is 69.9 cm³/mol. The maximum absolute atomic E-state index is 6.41. The van der Waals surface area contributed by atoms with E-state index in [2.05, 4.69) is 58.7 Å². The average molecular weight is 340 g/mol. The Morgan fingerprint density at radius 1 is 1.21 bits per heavy atom. The number of benzene rings is 1. The zero-order valence-corrected chi connectivity index (χ0v) is 12.4. The molecule has 0 N–H and O–H groups in total. The first-order chi connectivity index (χ1) is 6.32. The molecule has 0 aromatic heterocycles. The summed E-state index contributed by atoms with van der Waals surface area (Å²) in [6.07, 6.45) is 0. The smallest absolute Gasteiger partial charge is 0.0644 e. The molecule has 0 saturated carbocycles. The van der Waals surface area contributed by atoms with E-state index in [1.165, 1.54) is 0 Å². The van der Waals surface area contributed by atoms with E-state index in [1.807, 2.05) is 12.1 Å². The van der Waals surface area contributed by atoms with E-state index < -0.39 is 0 Å². The molecular weight excluding hydrogens is 327 g/mol. The van der Waals surface area contributed by atoms with Gasteiger partial charge in [-0.1, -0.05) is 52.6 Å². The van der Waals surface area contributed by atoms with Gasteiger partial charge in [-0.15, -0.1) is 11.6 Å². The molecule has 1 unspecified atom stereocenters. The van der Waals surface area contributed by atoms with Gasteiger partial charge in [-0.2, -0.15) is 0 Å². The van der Waals surface area contributed by atoms with Gasteiger partial charge >= 0.3 is 0 Å². The molecule has 1 aromatic carbocycles. The molecule has 0 spiro atoms. The zero-order valence-electron chi connectivity index (χ0n) is 8.44. The lowest BCUT2D eigenvalue weighted by Crippen LogP contribution is -2.13. The minimum atomic E-state index is 0.00868. The van der Waals surface area contributed by atoms with Crippen LogP contribution >= 0.6 is 43.5 Å². The van der Waals surface area contributed by atoms with Gasteiger partial charge in [0, 0.05) is 8.95 Å². The summed E-state index contributed by atoms with van der Waals surface area (Å²) < 4.78 is 2.13. The van der Waals surface area contributed by atoms with Crippen molar-refractivity contribution in [3.63, 3.8) is 0 Å². The third-order valence-corrected chi connectivity index (χ3v) is 4.10. The van der Waals surface area contributed by atoms with Gasteiger partial charge < -0.3 is 0 Å². The fourth-order valence-electron chi connectivity index (χ4n) is 1.18. The maximum Gasteiger partial charge on any atom is 0.0644 e. The minimum Gasteiger partial charge on any atom is -0.117 e. The molecule has 1 aromatic rings. The molecule has 0 aliphatic heterocycles. The minimum absolute atomic E-state index is 0.00868. The van der Waals surface area contributed by atoms with Crippen LogP contribution in [0.4, 0.5) is 0 Å². The van der Waals surface area contributed by atoms with Crippen LogP contribution in [0.3, 0.4) is 0 Å². The van der Waals surface area contributed by atoms with Crippen molar-refractivity contribution in [3.05, 3.63) is 32.7 Å². The Labute approximate surface area is 107 Å². The second kappa shape index (κ2) is 4.54. The molecule has 3 heteroatoms. The standard InChI is InChI=1S/C11H13Br2Cl/c1-11(2,3)10(14)8-6-7(12)4-5-9(8)13/h4-6,10H,1-3H3. The summed E-state index contributed by atoms with van der Waals surface area (Å²) in [5.74, 6) is 0. The molecule has 1 rings (SSSR count). The summed E-state index contributed by atoms with van der Waals surface area (Å²) in [6, 6.07) is 6.08. The molecule has 0 amide bonds. The van der Waals surface area contributed by atoms with E-state index in [1.54, 1.807) is 0 Å². The van der Waals surface area contributed by atoms with Gasteiger partial charge in [-0.05, 0) is 29.2 Å². The summed E-state index contributed by atoms with van der Waals surface area (Å²) in [7, 11) is 0. The highest BCUT2D eigenvalue weighted by atomic mass is 79.9. The largest absolute Gasteiger partial charge is 0.117 e. The Kier molecular flexibility index (Phi) is 4.07. The van der Waals surface area contributed by atoms with Crippen molar-refractivity contribution in [2.75, 3.05) is 0 Å². The third-order valence-electron chi connectivity index (χ3n) is 1.99. The number of rotatable bonds is 1. The van der Waals surface area contributed by atoms with Crippen molar-refractivity contribution < 1.29 is 0 Å². The van der Waals surface area contributed by atoms with Crippen LogP contribution in [-0.2, 0) is 0 Å². The first-order valence-corrected chi connectivity index (χ1v) is 6.43. The SMILES string of the molecule is CC(C)(C)C(Cl)c1cc(Br)ccc1Br. The van der Waals surface area contributed by atoms with Crippen molar-refractivity contribution in [2.45, 2.75) is 26.1 Å². The molecule has 0 fully saturated rings. The average Bonchev–Trinajstić information content (AvgIpc) is 2.06. The van der Waals surface area contributed by atoms with Crippen LogP contribution in [0.1, 0.15) is 31.7 Å². The van der Waals surface area contributed by atoms with Gasteiger partial charge in [-0.3, -0.25) is 0 Å². The molecule has 0 heterocycles. The molecule has 78 valence electrons. The second-order valence-electron chi connectivity index (χ2n) is 4.39. The quantitative estimate of drug-likeness (QED) is 0.589. The molecule has 14 heavy (non-hydrogen) atoms. The summed E-state index contributed by atoms with van der Waals surface area (Å²) in [6.45, 7) is 6.41. The van der Waals surface area contributed by atoms with Crippen LogP contribution < -0.4 is 0 Å². The van der Waals surface area contributed by atoms with E-state index in [9.17, 15) is 0 Å². The zero-order chi connectivity index (χ0) is 10.9. The summed E-state index contributed by atoms with van der Waals surface area (Å²) >= 11 is 13.4. The number of hydrogen-bond donors (Lipinski definition) is 0. The van der Waals surface area contributed by atoms with Crippen LogP contribution in [0.25, 0.3) is 0 Å². The molecule has 0 aliphatic carbocycles. The fourth-order valence-corrected chi connectivity index (χ4v) is 2.34. The van der Waals surface area contributed by atoms with Crippen LogP contribution in [0, 0.1) is 5.41 Å². The Balaban J connectivity index is 3.12. The molecule has 0 nitrogen and oxygen atoms in total. The lowest BCUT2D eigenvalue weighted by molar-refractivity contribution is 0.395. The number of hydrogen-bond acceptors (Lipinski definition) is 0. The first-order valence-electron chi connectivity index (χ1n) is 4.41. The lowest BCUT2D eigenvalue weighted by atomic mass is 9.87. The predicted octanol–water partition coefficient (Wildman–Crippen LogP) is 5.54. The van der Waals surface area contributed by atoms with Gasteiger partial charge in [-0.25, -0.2) is 0 Å². The Bertz CT molecular complexity index is 329. The number of halogens is 3. The van der Waals surface area contributed by atoms with Gasteiger partial charge in [0.05, 0.1) is 5.38 Å². The van der Waals surface area contributed by atoms with Gasteiger partial charge in [0.25, 0.3) is 0 Å². The molecule has 0 radical (unpaired) electrons. The lowest BCUT2D eigenvalue weighted by Gasteiger charge is -2.26. The normalized spacial score (nSPS) is 14.1. The van der Waals surface area contributed by atoms with Crippen molar-refractivity contribution in [2.24, 2.45) is 5.41 Å². The Morgan fingerprint density at radius 3 is 2.29 bits per heavy atom. The van der Waals surface area contributed by atoms with Crippen LogP contribution in [-0.4, -0.2) is 0 Å². The molecule has 1 atom stereocenters. The van der Waals surface area contributed by atoms with Crippen molar-refractivity contribution in [1.29, 1.82) is 0 Å². The molecule has 0 aliphatic rings. The van der Waals surface area contributed by atoms with Crippen molar-refractivity contribution in [1.82, 2.24) is 0 Å². The van der Waals surface area contributed by atoms with Crippen LogP contribution in [0.5, 0.6) is 0 Å². The Morgan fingerprint density at radius 2 is 1.79 bits per heavy atom. The van der Waals surface area contributed by atoms with Crippen molar-refractivity contribution in [3.8, 4) is 0 Å². The van der Waals surface area contributed by atoms with Gasteiger partial charge in [0.15, 0.2) is 0 Å². The summed E-state index contributed by atoms with van der Waals surface area (Å²) in [5, 5.41) is 0.00868. The first kappa shape index (κ1) is 12.5. The monoisotopic (exact) mass is 338 g/mol. The highest BCUT2D eigenvalue weighted by molar-refractivity contribution is 9.11. The van der Waals surface area contributed by atoms with E-state index in [4.69, 9.17) is 11.6 Å². The van der Waals surface area contributed by atoms with Gasteiger partial charge in [0.2, 0.25) is 0 Å². The van der Waals surface area contributed by atoms with Crippen molar-refractivity contribution >= 4 is 43.5 Å². The second-order valence-corrected chi connectivity index (χ2v) is 6.60. The molecule has 0 saturated heterocycles. The topological polar surface area (TPSA) is 0 Å². The highest BCUT2D eigenvalue weighted by Gasteiger charge is 2.25. The molecular formula is C11H13Br2Cl. The maximum atomic E-state index is 6.41. The number of alkyl halides is 1. The highest BCUT2D eigenvalue weighted by Crippen LogP contribution is 2.42. The van der Waals surface area contributed by atoms with E-state index in [0.717, 1.165) is 14.5 Å². The van der Waals surface area contributed by atoms with Gasteiger partial charge in [0.1, 0.15) is 0 Å². The summed E-state index contributed by atoms with van der Waals surface area (Å²) in [5.41, 5.74) is 1.19. The molecule has 0 bridgehead atoms. The van der Waals surface area contributed by atoms with E-state index in [-0.39, 0.29) is 10.8 Å². The van der Waals surface area contributed by atoms with E-state index in [0.29, 0.717) is 0 Å². The van der Waals surface area contributed by atoms with Crippen LogP contribution in [0.2, 0.25) is 0 Å². The third kappa shape index (κ3) is 2.98. The Hall–Kier alpha value is 0.470. The van der Waals surface area contributed by atoms with Crippen LogP contribution in [0.15, 0.2) is 27.1 Å². The fraction of sp³-hybridized carbons (Fsp3) is 0.455. The van der Waals surface area contributed by atoms with E-state index >= 15 is 0 Å². The summed E-state index contributed by atoms with van der Waals surface area (Å²) in [4.78, 5) is 0.